The summed E-state index contributed by atoms with van der Waals surface area (Å²) in [6, 6.07) is -4.46. The number of rotatable bonds is 13. The van der Waals surface area contributed by atoms with Crippen molar-refractivity contribution >= 4 is 41.8 Å². The molecule has 0 aromatic carbocycles. The summed E-state index contributed by atoms with van der Waals surface area (Å²) in [5.41, 5.74) is 38.9. The molecule has 25 N–H and O–H groups in total. The molecule has 0 aromatic rings. The number of hydrogen-bond acceptors (Lipinski definition) is 17. The van der Waals surface area contributed by atoms with Crippen LogP contribution in [0.15, 0.2) is 0 Å². The maximum atomic E-state index is 10.1. The number of unbranched alkanes of at least 4 members (excludes halogenated alkanes) is 1. The van der Waals surface area contributed by atoms with Crippen molar-refractivity contribution in [1.82, 2.24) is 0 Å². The van der Waals surface area contributed by atoms with E-state index in [-0.39, 0.29) is 13.1 Å². The number of carbonyl (C=O) groups is 7. The fourth-order valence-corrected chi connectivity index (χ4v) is 0.916. The molecule has 0 saturated carbocycles. The van der Waals surface area contributed by atoms with Crippen molar-refractivity contribution in [3.8, 4) is 0 Å². The largest absolute Gasteiger partial charge is 0.480 e. The highest BCUT2D eigenvalue weighted by molar-refractivity contribution is 5.74. The summed E-state index contributed by atoms with van der Waals surface area (Å²) >= 11 is 0. The van der Waals surface area contributed by atoms with Crippen LogP contribution in [0.3, 0.4) is 0 Å². The van der Waals surface area contributed by atoms with Crippen LogP contribution in [0.2, 0.25) is 0 Å². The molecule has 0 radical (unpaired) electrons. The Morgan fingerprint density at radius 1 is 0.532 bits per heavy atom. The molecule has 0 aromatic heterocycles. The number of carboxylic acid groups (broad SMARTS) is 7. The molecule has 0 rings (SSSR count). The van der Waals surface area contributed by atoms with Crippen molar-refractivity contribution in [2.24, 2.45) is 45.9 Å². The third-order valence-electron chi connectivity index (χ3n) is 3.73. The molecule has 6 atom stereocenters. The number of carboxylic acids is 7. The lowest BCUT2D eigenvalue weighted by Crippen LogP contribution is -2.39. The molecule has 0 aliphatic rings. The van der Waals surface area contributed by atoms with E-state index in [4.69, 9.17) is 80.4 Å². The maximum absolute atomic E-state index is 10.1. The van der Waals surface area contributed by atoms with Gasteiger partial charge in [-0.25, -0.2) is 0 Å². The lowest BCUT2D eigenvalue weighted by atomic mass is 10.1. The van der Waals surface area contributed by atoms with E-state index < -0.39 is 84.7 Å². The highest BCUT2D eigenvalue weighted by atomic mass is 16.4. The van der Waals surface area contributed by atoms with E-state index >= 15 is 0 Å². The van der Waals surface area contributed by atoms with Gasteiger partial charge in [-0.2, -0.15) is 0 Å². The monoisotopic (exact) mass is 698 g/mol. The zero-order valence-corrected chi connectivity index (χ0v) is 26.4. The Kier molecular flexibility index (Phi) is 49.6. The Morgan fingerprint density at radius 3 is 0.894 bits per heavy atom. The number of nitrogens with two attached hydrogens (primary N) is 8. The van der Waals surface area contributed by atoms with Crippen molar-refractivity contribution < 1.29 is 79.5 Å². The Bertz CT molecular complexity index is 816. The molecular weight excluding hydrogens is 644 g/mol. The minimum atomic E-state index is -1.18. The van der Waals surface area contributed by atoms with Crippen LogP contribution < -0.4 is 45.9 Å². The maximum Gasteiger partial charge on any atom is 0.323 e. The van der Waals surface area contributed by atoms with Gasteiger partial charge in [-0.05, 0) is 40.2 Å². The number of aliphatic hydroxyl groups is 2. The fraction of sp³-hybridized carbons (Fsp3) is 0.696. The highest BCUT2D eigenvalue weighted by Gasteiger charge is 2.16. The molecular formula is C23H54N8O16. The summed E-state index contributed by atoms with van der Waals surface area (Å²) in [6.45, 7) is 3.71. The van der Waals surface area contributed by atoms with Gasteiger partial charge in [0.05, 0.1) is 25.8 Å². The van der Waals surface area contributed by atoms with E-state index in [0.29, 0.717) is 13.0 Å². The SMILES string of the molecule is C[C@@H](O)[C@H](N)C(=O)O.C[C@H](N)C(=O)O.C[C@H](N)C(=O)O.NCC(=O)O.NCC(=O)O.NCCCC[C@H](N)C(=O)O.N[C@@H](CO)C(=O)O. The normalized spacial score (nSPS) is 12.8. The standard InChI is InChI=1S/C6H14N2O2.C4H9NO3.C3H7NO3.2C3H7NO2.2C2H5NO2/c7-4-2-1-3-5(8)6(9)10;1-2(6)3(5)4(7)8;4-2(1-5)3(6)7;2*1-2(4)3(5)6;2*3-1-2(4)5/h5H,1-4,7-8H2,(H,9,10);2-3,6H,5H2,1H3,(H,7,8);2,5H,1,4H2,(H,6,7);2*2H,4H2,1H3,(H,5,6);2*1,3H2,(H,4,5)/t5-;2-,3+;3*2-;;/m01000../s1. The van der Waals surface area contributed by atoms with E-state index in [2.05, 4.69) is 11.5 Å². The van der Waals surface area contributed by atoms with Crippen LogP contribution in [0.1, 0.15) is 40.0 Å². The molecule has 0 aliphatic carbocycles. The van der Waals surface area contributed by atoms with Crippen molar-refractivity contribution in [2.75, 3.05) is 26.2 Å². The van der Waals surface area contributed by atoms with Gasteiger partial charge in [0.15, 0.2) is 0 Å². The molecule has 0 heterocycles. The Balaban J connectivity index is -0.0000000806. The first-order valence-electron chi connectivity index (χ1n) is 13.0. The lowest BCUT2D eigenvalue weighted by molar-refractivity contribution is -0.141. The summed E-state index contributed by atoms with van der Waals surface area (Å²) in [4.78, 5) is 67.3. The molecule has 0 saturated heterocycles. The Morgan fingerprint density at radius 2 is 0.809 bits per heavy atom. The highest BCUT2D eigenvalue weighted by Crippen LogP contribution is 1.97. The first-order chi connectivity index (χ1) is 21.2. The van der Waals surface area contributed by atoms with E-state index in [0.717, 1.165) is 12.8 Å². The number of aliphatic hydroxyl groups excluding tert-OH is 2. The van der Waals surface area contributed by atoms with Gasteiger partial charge in [0.2, 0.25) is 0 Å². The van der Waals surface area contributed by atoms with Crippen LogP contribution in [0, 0.1) is 0 Å². The van der Waals surface area contributed by atoms with Crippen molar-refractivity contribution in [3.05, 3.63) is 0 Å². The second-order valence-corrected chi connectivity index (χ2v) is 8.41. The molecule has 0 unspecified atom stereocenters. The smallest absolute Gasteiger partial charge is 0.323 e. The van der Waals surface area contributed by atoms with Gasteiger partial charge >= 0.3 is 41.8 Å². The molecule has 47 heavy (non-hydrogen) atoms. The molecule has 0 amide bonds. The van der Waals surface area contributed by atoms with E-state index in [9.17, 15) is 33.6 Å². The summed E-state index contributed by atoms with van der Waals surface area (Å²) in [5, 5.41) is 71.7. The first-order valence-corrected chi connectivity index (χ1v) is 13.0. The van der Waals surface area contributed by atoms with Crippen molar-refractivity contribution in [3.63, 3.8) is 0 Å². The van der Waals surface area contributed by atoms with Crippen LogP contribution in [-0.4, -0.2) is 150 Å². The third-order valence-corrected chi connectivity index (χ3v) is 3.73. The predicted octanol–water partition coefficient (Wildman–Crippen LogP) is -6.41. The summed E-state index contributed by atoms with van der Waals surface area (Å²) in [6.07, 6.45) is 1.18. The van der Waals surface area contributed by atoms with E-state index in [1.54, 1.807) is 0 Å². The second kappa shape index (κ2) is 39.9. The quantitative estimate of drug-likeness (QED) is 0.0795. The van der Waals surface area contributed by atoms with Crippen LogP contribution in [-0.2, 0) is 33.6 Å². The fourth-order valence-electron chi connectivity index (χ4n) is 0.916. The topological polar surface area (TPSA) is 510 Å². The van der Waals surface area contributed by atoms with Crippen LogP contribution in [0.25, 0.3) is 0 Å². The van der Waals surface area contributed by atoms with Crippen molar-refractivity contribution in [1.29, 1.82) is 0 Å². The second-order valence-electron chi connectivity index (χ2n) is 8.41. The van der Waals surface area contributed by atoms with Gasteiger partial charge in [-0.3, -0.25) is 33.6 Å². The molecule has 0 fully saturated rings. The Labute approximate surface area is 270 Å². The third kappa shape index (κ3) is 69.9. The zero-order chi connectivity index (χ0) is 39.5. The van der Waals surface area contributed by atoms with Gasteiger partial charge in [-0.15, -0.1) is 0 Å². The van der Waals surface area contributed by atoms with Crippen LogP contribution in [0.4, 0.5) is 0 Å². The minimum Gasteiger partial charge on any atom is -0.480 e. The minimum absolute atomic E-state index is 0.278. The predicted molar refractivity (Wildman–Crippen MR) is 164 cm³/mol. The Hall–Kier alpha value is -4.11. The van der Waals surface area contributed by atoms with Crippen molar-refractivity contribution in [2.45, 2.75) is 76.3 Å². The van der Waals surface area contributed by atoms with E-state index in [1.807, 2.05) is 0 Å². The molecule has 24 nitrogen and oxygen atoms in total. The molecule has 0 bridgehead atoms. The zero-order valence-electron chi connectivity index (χ0n) is 26.4. The lowest BCUT2D eigenvalue weighted by Gasteiger charge is -2.06. The summed E-state index contributed by atoms with van der Waals surface area (Å²) < 4.78 is 0. The van der Waals surface area contributed by atoms with Gasteiger partial charge in [0.1, 0.15) is 30.2 Å². The molecule has 0 aliphatic heterocycles. The van der Waals surface area contributed by atoms with Crippen LogP contribution >= 0.6 is 0 Å². The first kappa shape index (κ1) is 58.4. The van der Waals surface area contributed by atoms with E-state index in [1.165, 1.54) is 20.8 Å². The van der Waals surface area contributed by atoms with Gasteiger partial charge in [0.25, 0.3) is 0 Å². The van der Waals surface area contributed by atoms with Gasteiger partial charge in [-0.1, -0.05) is 6.42 Å². The van der Waals surface area contributed by atoms with Gasteiger partial charge in [0, 0.05) is 0 Å². The molecule has 24 heteroatoms. The average molecular weight is 699 g/mol. The van der Waals surface area contributed by atoms with Gasteiger partial charge < -0.3 is 91.8 Å². The molecule has 0 spiro atoms. The average Bonchev–Trinajstić information content (AvgIpc) is 2.97. The summed E-state index contributed by atoms with van der Waals surface area (Å²) in [5.74, 6) is -7.15. The molecule has 282 valence electrons. The van der Waals surface area contributed by atoms with Crippen LogP contribution in [0.5, 0.6) is 0 Å². The number of hydrogen-bond donors (Lipinski definition) is 17. The summed E-state index contributed by atoms with van der Waals surface area (Å²) in [7, 11) is 0. The number of aliphatic carboxylic acids is 7.